The van der Waals surface area contributed by atoms with E-state index >= 15 is 0 Å². The summed E-state index contributed by atoms with van der Waals surface area (Å²) >= 11 is 0. The maximum absolute atomic E-state index is 11.2. The van der Waals surface area contributed by atoms with Crippen LogP contribution >= 0.6 is 0 Å². The number of benzene rings is 3. The third-order valence-electron chi connectivity index (χ3n) is 8.41. The number of carbonyl (C=O) groups is 1. The minimum absolute atomic E-state index is 0.0877. The molecule has 0 aliphatic carbocycles. The summed E-state index contributed by atoms with van der Waals surface area (Å²) in [5.74, 6) is -1.03. The number of carboxylic acid groups (broad SMARTS) is 1. The van der Waals surface area contributed by atoms with Gasteiger partial charge < -0.3 is 15.9 Å². The first-order valence-electron chi connectivity index (χ1n) is 13.8. The van der Waals surface area contributed by atoms with Gasteiger partial charge >= 0.3 is 5.97 Å². The van der Waals surface area contributed by atoms with Gasteiger partial charge in [0.15, 0.2) is 0 Å². The molecule has 4 N–H and O–H groups in total. The lowest BCUT2D eigenvalue weighted by Crippen LogP contribution is -2.27. The zero-order chi connectivity index (χ0) is 28.3. The van der Waals surface area contributed by atoms with Gasteiger partial charge in [-0.3, -0.25) is 4.79 Å². The summed E-state index contributed by atoms with van der Waals surface area (Å²) in [7, 11) is 0. The van der Waals surface area contributed by atoms with Crippen molar-refractivity contribution in [3.63, 3.8) is 0 Å². The van der Waals surface area contributed by atoms with E-state index in [1.54, 1.807) is 12.1 Å². The van der Waals surface area contributed by atoms with Crippen LogP contribution in [0.2, 0.25) is 0 Å². The molecule has 0 aromatic heterocycles. The molecule has 0 bridgehead atoms. The van der Waals surface area contributed by atoms with E-state index in [1.807, 2.05) is 12.1 Å². The summed E-state index contributed by atoms with van der Waals surface area (Å²) in [5.41, 5.74) is 14.8. The molecule has 38 heavy (non-hydrogen) atoms. The zero-order valence-corrected chi connectivity index (χ0v) is 24.1. The Kier molecular flexibility index (Phi) is 9.22. The number of aliphatic carboxylic acids is 1. The van der Waals surface area contributed by atoms with Crippen LogP contribution in [0.1, 0.15) is 93.3 Å². The Hall–Kier alpha value is -2.95. The highest BCUT2D eigenvalue weighted by Gasteiger charge is 2.31. The quantitative estimate of drug-likeness (QED) is 0.261. The lowest BCUT2D eigenvalue weighted by Gasteiger charge is -2.34. The Morgan fingerprint density at radius 3 is 1.89 bits per heavy atom. The van der Waals surface area contributed by atoms with Crippen molar-refractivity contribution >= 4 is 5.97 Å². The van der Waals surface area contributed by atoms with Gasteiger partial charge in [0.2, 0.25) is 0 Å². The summed E-state index contributed by atoms with van der Waals surface area (Å²) in [4.78, 5) is 11.2. The largest absolute Gasteiger partial charge is 0.480 e. The fourth-order valence-corrected chi connectivity index (χ4v) is 5.53. The van der Waals surface area contributed by atoms with Crippen molar-refractivity contribution in [2.45, 2.75) is 91.7 Å². The van der Waals surface area contributed by atoms with Crippen LogP contribution in [0.5, 0.6) is 0 Å². The fourth-order valence-electron chi connectivity index (χ4n) is 5.53. The van der Waals surface area contributed by atoms with Crippen LogP contribution < -0.4 is 5.73 Å². The van der Waals surface area contributed by atoms with Crippen molar-refractivity contribution in [3.8, 4) is 11.1 Å². The molecule has 0 saturated carbocycles. The van der Waals surface area contributed by atoms with Crippen LogP contribution in [0.4, 0.5) is 0 Å². The SMILES string of the molecule is CCC(CC)(c1ccc(CC[C@H](O)C(C)(C)C)c(C)c1)c1ccc(-c2ccc(C(N)C(=O)O)cc2)c(C)c1. The second kappa shape index (κ2) is 11.8. The second-order valence-electron chi connectivity index (χ2n) is 11.8. The van der Waals surface area contributed by atoms with Crippen LogP contribution in [0, 0.1) is 19.3 Å². The standard InChI is InChI=1S/C34H45NO3/c1-8-34(9-2,27-16-14-24(22(3)20-27)15-19-30(36)33(5,6)7)28-17-18-29(23(4)21-28)25-10-12-26(13-11-25)31(35)32(37)38/h10-14,16-18,20-21,30-31,36H,8-9,15,19,35H2,1-7H3,(H,37,38)/t30-,31?/m0/s1. The summed E-state index contributed by atoms with van der Waals surface area (Å²) in [5, 5.41) is 19.7. The number of aliphatic hydroxyl groups is 1. The average Bonchev–Trinajstić information content (AvgIpc) is 2.88. The molecule has 0 saturated heterocycles. The number of aryl methyl sites for hydroxylation is 3. The number of hydrogen-bond acceptors (Lipinski definition) is 3. The summed E-state index contributed by atoms with van der Waals surface area (Å²) < 4.78 is 0. The molecular weight excluding hydrogens is 470 g/mol. The van der Waals surface area contributed by atoms with E-state index in [0.29, 0.717) is 5.56 Å². The van der Waals surface area contributed by atoms with Crippen molar-refractivity contribution in [1.29, 1.82) is 0 Å². The molecule has 0 fully saturated rings. The predicted octanol–water partition coefficient (Wildman–Crippen LogP) is 7.50. The predicted molar refractivity (Wildman–Crippen MR) is 158 cm³/mol. The molecule has 0 radical (unpaired) electrons. The van der Waals surface area contributed by atoms with Gasteiger partial charge in [-0.15, -0.1) is 0 Å². The smallest absolute Gasteiger partial charge is 0.325 e. The number of aliphatic hydroxyl groups excluding tert-OH is 1. The van der Waals surface area contributed by atoms with Gasteiger partial charge in [0.05, 0.1) is 6.10 Å². The Bertz CT molecular complexity index is 1250. The van der Waals surface area contributed by atoms with Gasteiger partial charge in [0.25, 0.3) is 0 Å². The van der Waals surface area contributed by atoms with Crippen LogP contribution in [-0.4, -0.2) is 22.3 Å². The first-order valence-corrected chi connectivity index (χ1v) is 13.8. The van der Waals surface area contributed by atoms with Gasteiger partial charge in [-0.1, -0.05) is 95.3 Å². The van der Waals surface area contributed by atoms with Crippen LogP contribution in [-0.2, 0) is 16.6 Å². The monoisotopic (exact) mass is 515 g/mol. The molecule has 0 amide bonds. The van der Waals surface area contributed by atoms with E-state index in [0.717, 1.165) is 36.8 Å². The molecule has 204 valence electrons. The van der Waals surface area contributed by atoms with Crippen LogP contribution in [0.3, 0.4) is 0 Å². The van der Waals surface area contributed by atoms with Gasteiger partial charge in [-0.05, 0) is 89.5 Å². The molecular formula is C34H45NO3. The average molecular weight is 516 g/mol. The summed E-state index contributed by atoms with van der Waals surface area (Å²) in [6.45, 7) is 15.1. The first-order chi connectivity index (χ1) is 17.8. The molecule has 1 unspecified atom stereocenters. The van der Waals surface area contributed by atoms with Crippen LogP contribution in [0.25, 0.3) is 11.1 Å². The van der Waals surface area contributed by atoms with Gasteiger partial charge in [0, 0.05) is 5.41 Å². The van der Waals surface area contributed by atoms with Crippen molar-refractivity contribution in [2.24, 2.45) is 11.1 Å². The Morgan fingerprint density at radius 2 is 1.42 bits per heavy atom. The normalized spacial score (nSPS) is 13.8. The number of nitrogens with two attached hydrogens (primary N) is 1. The highest BCUT2D eigenvalue weighted by atomic mass is 16.4. The lowest BCUT2D eigenvalue weighted by molar-refractivity contribution is -0.138. The minimum Gasteiger partial charge on any atom is -0.480 e. The molecule has 4 nitrogen and oxygen atoms in total. The Labute approximate surface area is 228 Å². The van der Waals surface area contributed by atoms with Crippen molar-refractivity contribution in [2.75, 3.05) is 0 Å². The minimum atomic E-state index is -1.03. The van der Waals surface area contributed by atoms with Gasteiger partial charge in [-0.2, -0.15) is 0 Å². The molecule has 3 aromatic rings. The number of carboxylic acids is 1. The van der Waals surface area contributed by atoms with E-state index in [1.165, 1.54) is 27.8 Å². The van der Waals surface area contributed by atoms with Crippen molar-refractivity contribution in [3.05, 3.63) is 94.0 Å². The van der Waals surface area contributed by atoms with E-state index < -0.39 is 12.0 Å². The molecule has 3 aromatic carbocycles. The maximum atomic E-state index is 11.2. The Balaban J connectivity index is 1.91. The summed E-state index contributed by atoms with van der Waals surface area (Å²) in [6.07, 6.45) is 3.30. The van der Waals surface area contributed by atoms with Gasteiger partial charge in [0.1, 0.15) is 6.04 Å². The van der Waals surface area contributed by atoms with E-state index in [-0.39, 0.29) is 16.9 Å². The Morgan fingerprint density at radius 1 is 0.868 bits per heavy atom. The number of rotatable bonds is 10. The van der Waals surface area contributed by atoms with E-state index in [2.05, 4.69) is 84.9 Å². The molecule has 3 rings (SSSR count). The van der Waals surface area contributed by atoms with E-state index in [9.17, 15) is 15.0 Å². The van der Waals surface area contributed by atoms with E-state index in [4.69, 9.17) is 5.73 Å². The molecule has 0 heterocycles. The third-order valence-corrected chi connectivity index (χ3v) is 8.41. The van der Waals surface area contributed by atoms with Crippen LogP contribution in [0.15, 0.2) is 60.7 Å². The van der Waals surface area contributed by atoms with Crippen molar-refractivity contribution in [1.82, 2.24) is 0 Å². The first kappa shape index (κ1) is 29.6. The number of hydrogen-bond donors (Lipinski definition) is 3. The fraction of sp³-hybridized carbons (Fsp3) is 0.441. The molecule has 0 aliphatic rings. The summed E-state index contributed by atoms with van der Waals surface area (Å²) in [6, 6.07) is 20.1. The van der Waals surface area contributed by atoms with Crippen molar-refractivity contribution < 1.29 is 15.0 Å². The van der Waals surface area contributed by atoms with Gasteiger partial charge in [-0.25, -0.2) is 0 Å². The highest BCUT2D eigenvalue weighted by molar-refractivity contribution is 5.76. The lowest BCUT2D eigenvalue weighted by atomic mass is 9.69. The molecule has 2 atom stereocenters. The molecule has 0 spiro atoms. The molecule has 4 heteroatoms. The topological polar surface area (TPSA) is 83.5 Å². The second-order valence-corrected chi connectivity index (χ2v) is 11.8. The zero-order valence-electron chi connectivity index (χ0n) is 24.1. The maximum Gasteiger partial charge on any atom is 0.325 e. The third kappa shape index (κ3) is 6.19. The molecule has 0 aliphatic heterocycles. The highest BCUT2D eigenvalue weighted by Crippen LogP contribution is 2.41.